The van der Waals surface area contributed by atoms with E-state index in [9.17, 15) is 4.79 Å². The summed E-state index contributed by atoms with van der Waals surface area (Å²) in [4.78, 5) is 19.5. The van der Waals surface area contributed by atoms with Crippen LogP contribution in [0.4, 0.5) is 0 Å². The van der Waals surface area contributed by atoms with Gasteiger partial charge in [0.05, 0.1) is 11.3 Å². The number of aromatic amines is 1. The van der Waals surface area contributed by atoms with Gasteiger partial charge < -0.3 is 15.0 Å². The Morgan fingerprint density at radius 2 is 2.06 bits per heavy atom. The topological polar surface area (TPSA) is 67.0 Å². The quantitative estimate of drug-likeness (QED) is 0.795. The number of methoxy groups -OCH3 is 1. The summed E-state index contributed by atoms with van der Waals surface area (Å²) in [5, 5.41) is 3.15. The lowest BCUT2D eigenvalue weighted by Crippen LogP contribution is -2.31. The summed E-state index contributed by atoms with van der Waals surface area (Å²) in [6, 6.07) is 0. The van der Waals surface area contributed by atoms with Crippen molar-refractivity contribution in [3.63, 3.8) is 0 Å². The third-order valence-corrected chi connectivity index (χ3v) is 3.93. The monoisotopic (exact) mass is 235 g/mol. The summed E-state index contributed by atoms with van der Waals surface area (Å²) in [5.74, 6) is 0.713. The smallest absolute Gasteiger partial charge is 0.255 e. The van der Waals surface area contributed by atoms with Gasteiger partial charge in [-0.1, -0.05) is 0 Å². The van der Waals surface area contributed by atoms with Crippen LogP contribution in [0.3, 0.4) is 0 Å². The van der Waals surface area contributed by atoms with Crippen molar-refractivity contribution in [1.82, 2.24) is 15.3 Å². The minimum absolute atomic E-state index is 0.0154. The van der Waals surface area contributed by atoms with E-state index in [0.29, 0.717) is 18.9 Å². The maximum absolute atomic E-state index is 12.0. The summed E-state index contributed by atoms with van der Waals surface area (Å²) in [6.07, 6.45) is 4.15. The van der Waals surface area contributed by atoms with Gasteiger partial charge in [-0.15, -0.1) is 0 Å². The lowest BCUT2D eigenvalue weighted by Gasteiger charge is -2.26. The fourth-order valence-corrected chi connectivity index (χ4v) is 2.88. The van der Waals surface area contributed by atoms with Crippen molar-refractivity contribution in [2.24, 2.45) is 0 Å². The fourth-order valence-electron chi connectivity index (χ4n) is 2.88. The number of nitrogens with zero attached hydrogens (tertiary/aromatic N) is 1. The molecule has 0 spiro atoms. The molecule has 0 unspecified atom stereocenters. The minimum Gasteiger partial charge on any atom is -0.370 e. The van der Waals surface area contributed by atoms with Gasteiger partial charge in [-0.05, 0) is 25.7 Å². The van der Waals surface area contributed by atoms with Crippen LogP contribution >= 0.6 is 0 Å². The zero-order valence-corrected chi connectivity index (χ0v) is 10.0. The zero-order valence-electron chi connectivity index (χ0n) is 10.0. The van der Waals surface area contributed by atoms with Crippen molar-refractivity contribution < 1.29 is 4.74 Å². The van der Waals surface area contributed by atoms with Crippen LogP contribution in [0.2, 0.25) is 0 Å². The van der Waals surface area contributed by atoms with E-state index in [2.05, 4.69) is 15.3 Å². The Kier molecular flexibility index (Phi) is 2.52. The Bertz CT molecular complexity index is 489. The van der Waals surface area contributed by atoms with Crippen molar-refractivity contribution in [1.29, 1.82) is 0 Å². The maximum atomic E-state index is 12.0. The molecule has 0 amide bonds. The fraction of sp³-hybridized carbons (Fsp3) is 0.667. The molecule has 0 saturated heterocycles. The number of aromatic nitrogens is 2. The Labute approximate surface area is 99.6 Å². The summed E-state index contributed by atoms with van der Waals surface area (Å²) in [5.41, 5.74) is 1.28. The van der Waals surface area contributed by atoms with Crippen LogP contribution in [0.5, 0.6) is 0 Å². The van der Waals surface area contributed by atoms with Crippen molar-refractivity contribution in [3.05, 3.63) is 27.4 Å². The summed E-state index contributed by atoms with van der Waals surface area (Å²) >= 11 is 0. The van der Waals surface area contributed by atoms with Gasteiger partial charge in [0.1, 0.15) is 11.4 Å². The predicted octanol–water partition coefficient (Wildman–Crippen LogP) is 0.789. The van der Waals surface area contributed by atoms with Gasteiger partial charge in [0, 0.05) is 20.2 Å². The molecule has 1 fully saturated rings. The standard InChI is InChI=1S/C12H17N3O2/c1-17-12(4-2-3-5-12)11-14-9-7-13-6-8(9)10(16)15-11/h13H,2-7H2,1H3,(H,14,15,16). The predicted molar refractivity (Wildman–Crippen MR) is 62.6 cm³/mol. The molecule has 3 rings (SSSR count). The van der Waals surface area contributed by atoms with Crippen LogP contribution in [-0.2, 0) is 23.4 Å². The van der Waals surface area contributed by atoms with Crippen LogP contribution in [0, 0.1) is 0 Å². The van der Waals surface area contributed by atoms with Gasteiger partial charge >= 0.3 is 0 Å². The molecule has 0 radical (unpaired) electrons. The molecule has 1 saturated carbocycles. The highest BCUT2D eigenvalue weighted by Gasteiger charge is 2.38. The molecule has 92 valence electrons. The molecule has 0 aromatic carbocycles. The largest absolute Gasteiger partial charge is 0.370 e. The molecule has 1 aromatic rings. The molecule has 5 nitrogen and oxygen atoms in total. The molecule has 1 aliphatic carbocycles. The van der Waals surface area contributed by atoms with E-state index in [0.717, 1.165) is 36.9 Å². The summed E-state index contributed by atoms with van der Waals surface area (Å²) < 4.78 is 5.65. The van der Waals surface area contributed by atoms with Crippen molar-refractivity contribution >= 4 is 0 Å². The second kappa shape index (κ2) is 3.92. The van der Waals surface area contributed by atoms with Gasteiger partial charge in [-0.2, -0.15) is 0 Å². The van der Waals surface area contributed by atoms with Crippen molar-refractivity contribution in [2.75, 3.05) is 7.11 Å². The molecular formula is C12H17N3O2. The van der Waals surface area contributed by atoms with E-state index in [1.54, 1.807) is 7.11 Å². The third kappa shape index (κ3) is 1.61. The summed E-state index contributed by atoms with van der Waals surface area (Å²) in [6.45, 7) is 1.31. The second-order valence-corrected chi connectivity index (χ2v) is 4.85. The zero-order chi connectivity index (χ0) is 11.9. The van der Waals surface area contributed by atoms with Crippen LogP contribution in [0.15, 0.2) is 4.79 Å². The lowest BCUT2D eigenvalue weighted by molar-refractivity contribution is -0.0166. The van der Waals surface area contributed by atoms with E-state index in [1.165, 1.54) is 0 Å². The van der Waals surface area contributed by atoms with Crippen LogP contribution < -0.4 is 10.9 Å². The Morgan fingerprint density at radius 1 is 1.29 bits per heavy atom. The average Bonchev–Trinajstić information content (AvgIpc) is 2.98. The lowest BCUT2D eigenvalue weighted by atomic mass is 10.0. The maximum Gasteiger partial charge on any atom is 0.255 e. The van der Waals surface area contributed by atoms with Crippen LogP contribution in [-0.4, -0.2) is 17.1 Å². The molecule has 17 heavy (non-hydrogen) atoms. The second-order valence-electron chi connectivity index (χ2n) is 4.85. The first-order valence-corrected chi connectivity index (χ1v) is 6.14. The van der Waals surface area contributed by atoms with Gasteiger partial charge in [-0.3, -0.25) is 4.79 Å². The Morgan fingerprint density at radius 3 is 2.76 bits per heavy atom. The molecule has 1 aliphatic heterocycles. The van der Waals surface area contributed by atoms with Gasteiger partial charge in [0.15, 0.2) is 0 Å². The van der Waals surface area contributed by atoms with E-state index in [4.69, 9.17) is 4.74 Å². The third-order valence-electron chi connectivity index (χ3n) is 3.93. The van der Waals surface area contributed by atoms with Gasteiger partial charge in [-0.25, -0.2) is 4.98 Å². The first kappa shape index (κ1) is 10.9. The van der Waals surface area contributed by atoms with Crippen molar-refractivity contribution in [3.8, 4) is 0 Å². The Balaban J connectivity index is 2.09. The Hall–Kier alpha value is -1.20. The SMILES string of the molecule is COC1(c2nc3c(c(=O)[nH]2)CNC3)CCCC1. The number of fused-ring (bicyclic) bond motifs is 1. The highest BCUT2D eigenvalue weighted by molar-refractivity contribution is 5.23. The molecule has 2 heterocycles. The number of hydrogen-bond acceptors (Lipinski definition) is 4. The first-order valence-electron chi connectivity index (χ1n) is 6.14. The number of nitrogens with one attached hydrogen (secondary N) is 2. The molecule has 1 aromatic heterocycles. The number of rotatable bonds is 2. The number of hydrogen-bond donors (Lipinski definition) is 2. The van der Waals surface area contributed by atoms with E-state index in [-0.39, 0.29) is 11.2 Å². The molecule has 5 heteroatoms. The number of ether oxygens (including phenoxy) is 1. The first-order chi connectivity index (χ1) is 8.25. The highest BCUT2D eigenvalue weighted by atomic mass is 16.5. The molecule has 2 aliphatic rings. The molecule has 0 bridgehead atoms. The molecule has 2 N–H and O–H groups in total. The van der Waals surface area contributed by atoms with E-state index >= 15 is 0 Å². The van der Waals surface area contributed by atoms with Crippen LogP contribution in [0.25, 0.3) is 0 Å². The van der Waals surface area contributed by atoms with E-state index in [1.807, 2.05) is 0 Å². The minimum atomic E-state index is -0.364. The van der Waals surface area contributed by atoms with Crippen molar-refractivity contribution in [2.45, 2.75) is 44.4 Å². The normalized spacial score (nSPS) is 21.7. The number of H-pyrrole nitrogens is 1. The molecule has 0 atom stereocenters. The highest BCUT2D eigenvalue weighted by Crippen LogP contribution is 2.39. The molecular weight excluding hydrogens is 218 g/mol. The van der Waals surface area contributed by atoms with E-state index < -0.39 is 0 Å². The summed E-state index contributed by atoms with van der Waals surface area (Å²) in [7, 11) is 1.71. The van der Waals surface area contributed by atoms with Gasteiger partial charge in [0.2, 0.25) is 0 Å². The van der Waals surface area contributed by atoms with Crippen LogP contribution in [0.1, 0.15) is 42.8 Å². The van der Waals surface area contributed by atoms with Gasteiger partial charge in [0.25, 0.3) is 5.56 Å². The average molecular weight is 235 g/mol.